The van der Waals surface area contributed by atoms with E-state index in [9.17, 15) is 4.79 Å². The van der Waals surface area contributed by atoms with Gasteiger partial charge < -0.3 is 4.74 Å². The molecular formula is C14H15NO2S. The van der Waals surface area contributed by atoms with Gasteiger partial charge in [0.15, 0.2) is 0 Å². The minimum atomic E-state index is -0.317. The van der Waals surface area contributed by atoms with Crippen LogP contribution in [-0.2, 0) is 9.53 Å². The van der Waals surface area contributed by atoms with Crippen LogP contribution in [0.15, 0.2) is 46.8 Å². The Morgan fingerprint density at radius 3 is 2.83 bits per heavy atom. The molecule has 1 atom stereocenters. The molecule has 2 rings (SSSR count). The fourth-order valence-corrected chi connectivity index (χ4v) is 2.64. The second-order valence-electron chi connectivity index (χ2n) is 3.88. The highest BCUT2D eigenvalue weighted by molar-refractivity contribution is 8.17. The molecule has 1 unspecified atom stereocenters. The summed E-state index contributed by atoms with van der Waals surface area (Å²) in [7, 11) is 0. The van der Waals surface area contributed by atoms with Gasteiger partial charge in [-0.15, -0.1) is 0 Å². The maximum absolute atomic E-state index is 11.7. The van der Waals surface area contributed by atoms with Crippen LogP contribution in [0.3, 0.4) is 0 Å². The van der Waals surface area contributed by atoms with E-state index in [2.05, 4.69) is 11.6 Å². The van der Waals surface area contributed by atoms with Crippen LogP contribution in [0, 0.1) is 5.92 Å². The van der Waals surface area contributed by atoms with E-state index in [0.717, 1.165) is 15.5 Å². The molecule has 0 aliphatic carbocycles. The van der Waals surface area contributed by atoms with Gasteiger partial charge in [0.2, 0.25) is 0 Å². The monoisotopic (exact) mass is 261 g/mol. The zero-order chi connectivity index (χ0) is 13.0. The molecule has 0 saturated heterocycles. The van der Waals surface area contributed by atoms with Gasteiger partial charge in [0.05, 0.1) is 13.2 Å². The molecule has 0 bridgehead atoms. The van der Waals surface area contributed by atoms with Crippen LogP contribution in [-0.4, -0.2) is 24.2 Å². The lowest BCUT2D eigenvalue weighted by molar-refractivity contribution is -0.146. The Labute approximate surface area is 111 Å². The van der Waals surface area contributed by atoms with Crippen molar-refractivity contribution in [2.24, 2.45) is 10.9 Å². The standard InChI is InChI=1S/C14H15NO2S/c1-3-17-14(16)12-9-15-13(18-10(12)2)11-7-5-4-6-8-11/h4-8,12H,2-3,9H2,1H3. The van der Waals surface area contributed by atoms with E-state index in [4.69, 9.17) is 4.74 Å². The normalized spacial score (nSPS) is 19.3. The van der Waals surface area contributed by atoms with Crippen molar-refractivity contribution in [2.75, 3.05) is 13.2 Å². The number of esters is 1. The first kappa shape index (κ1) is 12.9. The van der Waals surface area contributed by atoms with Crippen molar-refractivity contribution < 1.29 is 9.53 Å². The Hall–Kier alpha value is -1.55. The number of aliphatic imine (C=N–C) groups is 1. The van der Waals surface area contributed by atoms with E-state index >= 15 is 0 Å². The first-order valence-corrected chi connectivity index (χ1v) is 6.67. The Bertz CT molecular complexity index is 482. The molecule has 0 amide bonds. The molecule has 0 aromatic heterocycles. The predicted octanol–water partition coefficient (Wildman–Crippen LogP) is 2.87. The van der Waals surface area contributed by atoms with E-state index in [1.807, 2.05) is 30.3 Å². The molecule has 1 aromatic carbocycles. The lowest BCUT2D eigenvalue weighted by Gasteiger charge is -2.21. The number of hydrogen-bond acceptors (Lipinski definition) is 4. The first-order valence-electron chi connectivity index (χ1n) is 5.85. The number of ether oxygens (including phenoxy) is 1. The second-order valence-corrected chi connectivity index (χ2v) is 5.00. The van der Waals surface area contributed by atoms with Crippen molar-refractivity contribution in [3.8, 4) is 0 Å². The SMILES string of the molecule is C=C1SC(c2ccccc2)=NCC1C(=O)OCC. The number of carbonyl (C=O) groups is 1. The topological polar surface area (TPSA) is 38.7 Å². The molecule has 0 radical (unpaired) electrons. The van der Waals surface area contributed by atoms with Gasteiger partial charge in [-0.1, -0.05) is 48.7 Å². The summed E-state index contributed by atoms with van der Waals surface area (Å²) in [4.78, 5) is 16.9. The molecule has 3 nitrogen and oxygen atoms in total. The lowest BCUT2D eigenvalue weighted by Crippen LogP contribution is -2.25. The minimum absolute atomic E-state index is 0.231. The molecule has 1 aliphatic rings. The summed E-state index contributed by atoms with van der Waals surface area (Å²) in [6.07, 6.45) is 0. The zero-order valence-corrected chi connectivity index (χ0v) is 11.1. The maximum Gasteiger partial charge on any atom is 0.315 e. The van der Waals surface area contributed by atoms with Crippen molar-refractivity contribution in [1.82, 2.24) is 0 Å². The summed E-state index contributed by atoms with van der Waals surface area (Å²) >= 11 is 1.46. The van der Waals surface area contributed by atoms with Crippen LogP contribution in [0.1, 0.15) is 12.5 Å². The van der Waals surface area contributed by atoms with Gasteiger partial charge >= 0.3 is 5.97 Å². The molecule has 4 heteroatoms. The molecule has 1 aromatic rings. The third-order valence-corrected chi connectivity index (χ3v) is 3.73. The Morgan fingerprint density at radius 2 is 2.22 bits per heavy atom. The fraction of sp³-hybridized carbons (Fsp3) is 0.286. The Morgan fingerprint density at radius 1 is 1.50 bits per heavy atom. The summed E-state index contributed by atoms with van der Waals surface area (Å²) < 4.78 is 5.01. The number of thioether (sulfide) groups is 1. The van der Waals surface area contributed by atoms with Crippen LogP contribution in [0.4, 0.5) is 0 Å². The largest absolute Gasteiger partial charge is 0.465 e. The van der Waals surface area contributed by atoms with Gasteiger partial charge in [0, 0.05) is 10.5 Å². The number of nitrogens with zero attached hydrogens (tertiary/aromatic N) is 1. The van der Waals surface area contributed by atoms with Gasteiger partial charge in [-0.2, -0.15) is 0 Å². The molecular weight excluding hydrogens is 246 g/mol. The van der Waals surface area contributed by atoms with Crippen LogP contribution in [0.2, 0.25) is 0 Å². The lowest BCUT2D eigenvalue weighted by atomic mass is 10.1. The zero-order valence-electron chi connectivity index (χ0n) is 10.3. The number of carbonyl (C=O) groups excluding carboxylic acids is 1. The van der Waals surface area contributed by atoms with Gasteiger partial charge in [0.25, 0.3) is 0 Å². The van der Waals surface area contributed by atoms with Gasteiger partial charge in [-0.3, -0.25) is 9.79 Å². The summed E-state index contributed by atoms with van der Waals surface area (Å²) in [6, 6.07) is 9.92. The van der Waals surface area contributed by atoms with Gasteiger partial charge in [0.1, 0.15) is 11.0 Å². The molecule has 1 aliphatic heterocycles. The van der Waals surface area contributed by atoms with Crippen molar-refractivity contribution in [3.05, 3.63) is 47.4 Å². The van der Waals surface area contributed by atoms with Gasteiger partial charge in [-0.05, 0) is 6.92 Å². The Kier molecular flexibility index (Phi) is 4.20. The smallest absolute Gasteiger partial charge is 0.315 e. The highest BCUT2D eigenvalue weighted by atomic mass is 32.2. The Balaban J connectivity index is 2.12. The van der Waals surface area contributed by atoms with E-state index < -0.39 is 0 Å². The highest BCUT2D eigenvalue weighted by Crippen LogP contribution is 2.32. The average molecular weight is 261 g/mol. The van der Waals surface area contributed by atoms with E-state index in [1.54, 1.807) is 6.92 Å². The molecule has 0 N–H and O–H groups in total. The third-order valence-electron chi connectivity index (χ3n) is 2.63. The van der Waals surface area contributed by atoms with Crippen LogP contribution in [0.5, 0.6) is 0 Å². The van der Waals surface area contributed by atoms with Crippen molar-refractivity contribution >= 4 is 22.8 Å². The third kappa shape index (κ3) is 2.82. The molecule has 0 fully saturated rings. The summed E-state index contributed by atoms with van der Waals surface area (Å²) in [5, 5.41) is 0.918. The number of hydrogen-bond donors (Lipinski definition) is 0. The maximum atomic E-state index is 11.7. The second kappa shape index (κ2) is 5.87. The molecule has 18 heavy (non-hydrogen) atoms. The predicted molar refractivity (Wildman–Crippen MR) is 74.7 cm³/mol. The van der Waals surface area contributed by atoms with Crippen LogP contribution in [0.25, 0.3) is 0 Å². The summed E-state index contributed by atoms with van der Waals surface area (Å²) in [5.41, 5.74) is 1.06. The number of rotatable bonds is 3. The van der Waals surface area contributed by atoms with Gasteiger partial charge in [-0.25, -0.2) is 0 Å². The van der Waals surface area contributed by atoms with E-state index in [-0.39, 0.29) is 11.9 Å². The van der Waals surface area contributed by atoms with Crippen LogP contribution < -0.4 is 0 Å². The highest BCUT2D eigenvalue weighted by Gasteiger charge is 2.28. The summed E-state index contributed by atoms with van der Waals surface area (Å²) in [5.74, 6) is -0.548. The molecule has 94 valence electrons. The molecule has 0 saturated carbocycles. The van der Waals surface area contributed by atoms with Crippen molar-refractivity contribution in [1.29, 1.82) is 0 Å². The average Bonchev–Trinajstić information content (AvgIpc) is 2.40. The van der Waals surface area contributed by atoms with Crippen molar-refractivity contribution in [2.45, 2.75) is 6.92 Å². The quantitative estimate of drug-likeness (QED) is 0.785. The molecule has 1 heterocycles. The molecule has 0 spiro atoms. The fourth-order valence-electron chi connectivity index (χ4n) is 1.68. The van der Waals surface area contributed by atoms with Crippen LogP contribution >= 0.6 is 11.8 Å². The van der Waals surface area contributed by atoms with E-state index in [0.29, 0.717) is 13.2 Å². The van der Waals surface area contributed by atoms with E-state index in [1.165, 1.54) is 11.8 Å². The summed E-state index contributed by atoms with van der Waals surface area (Å²) in [6.45, 7) is 6.57. The van der Waals surface area contributed by atoms with Crippen molar-refractivity contribution in [3.63, 3.8) is 0 Å². The number of benzene rings is 1. The minimum Gasteiger partial charge on any atom is -0.465 e. The first-order chi connectivity index (χ1) is 8.72.